The van der Waals surface area contributed by atoms with Gasteiger partial charge in [-0.3, -0.25) is 9.59 Å². The maximum Gasteiger partial charge on any atom is 0.192 e. The van der Waals surface area contributed by atoms with Crippen LogP contribution in [0.15, 0.2) is 23.3 Å². The first-order chi connectivity index (χ1) is 27.6. The summed E-state index contributed by atoms with van der Waals surface area (Å²) in [5.74, 6) is 5.59. The van der Waals surface area contributed by atoms with Crippen LogP contribution in [0.3, 0.4) is 0 Å². The summed E-state index contributed by atoms with van der Waals surface area (Å²) >= 11 is 0. The van der Waals surface area contributed by atoms with E-state index in [0.29, 0.717) is 58.9 Å². The van der Waals surface area contributed by atoms with E-state index in [2.05, 4.69) is 156 Å². The topological polar surface area (TPSA) is 72.8 Å². The number of aliphatic hydroxyl groups is 1. The molecule has 63 heavy (non-hydrogen) atoms. The third-order valence-electron chi connectivity index (χ3n) is 21.9. The Kier molecular flexibility index (Phi) is 13.6. The minimum absolute atomic E-state index is 0. The molecule has 8 aliphatic carbocycles. The molecule has 6 fully saturated rings. The molecule has 6 saturated carbocycles. The molecule has 0 aromatic heterocycles. The van der Waals surface area contributed by atoms with E-state index in [4.69, 9.17) is 8.85 Å². The quantitative estimate of drug-likeness (QED) is 0.225. The summed E-state index contributed by atoms with van der Waals surface area (Å²) in [4.78, 5) is 29.4. The van der Waals surface area contributed by atoms with Crippen LogP contribution in [-0.4, -0.2) is 51.6 Å². The average Bonchev–Trinajstić information content (AvgIpc) is 3.73. The minimum atomic E-state index is -2.06. The van der Waals surface area contributed by atoms with Crippen LogP contribution < -0.4 is 0 Å². The Balaban J connectivity index is 0.000000230. The molecule has 0 radical (unpaired) electrons. The highest BCUT2D eigenvalue weighted by molar-refractivity contribution is 6.74. The van der Waals surface area contributed by atoms with Crippen molar-refractivity contribution in [3.05, 3.63) is 23.3 Å². The van der Waals surface area contributed by atoms with Gasteiger partial charge in [0.2, 0.25) is 0 Å². The number of Topliss-reactive ketones (excluding diaryl/α,β-unsaturated/α-hetero) is 2. The predicted molar refractivity (Wildman–Crippen MR) is 270 cm³/mol. The SMILES string of the molecule is C.C.CC1=C[C@]23C(=O)[C@@H]([C@H](O[Si](C)(C)C(C)(C)C)[C@H](C)[C@@H](C)[C@@H]2C1)[C@H]1[C@@H](C[C@H]3C)C1(C)C.CC1=C[C@]23C(=O)[C@@H]([C@H](O[Si](C)(C)C(C)(C)C)[C@H](C)[C@@H](C)[C@@H]2[C@H]1O)[C@H]1[C@@H](C[C@H]3C)C1(C)C. The second-order valence-electron chi connectivity index (χ2n) is 27.6. The van der Waals surface area contributed by atoms with Crippen LogP contribution in [0.5, 0.6) is 0 Å². The van der Waals surface area contributed by atoms with Crippen molar-refractivity contribution in [2.75, 3.05) is 0 Å². The molecule has 4 bridgehead atoms. The molecule has 0 heterocycles. The van der Waals surface area contributed by atoms with Crippen LogP contribution in [0.25, 0.3) is 0 Å². The first kappa shape index (κ1) is 53.1. The largest absolute Gasteiger partial charge is 0.413 e. The summed E-state index contributed by atoms with van der Waals surface area (Å²) in [7, 11) is -4.04. The van der Waals surface area contributed by atoms with E-state index in [1.165, 1.54) is 12.0 Å². The molecule has 0 unspecified atom stereocenters. The van der Waals surface area contributed by atoms with Crippen molar-refractivity contribution in [1.29, 1.82) is 0 Å². The maximum absolute atomic E-state index is 14.7. The fourth-order valence-electron chi connectivity index (χ4n) is 15.5. The zero-order valence-corrected chi connectivity index (χ0v) is 45.2. The Hall–Kier alpha value is -0.866. The Labute approximate surface area is 391 Å². The van der Waals surface area contributed by atoms with Crippen molar-refractivity contribution in [3.8, 4) is 0 Å². The number of ketones is 2. The van der Waals surface area contributed by atoms with Gasteiger partial charge in [0.05, 0.1) is 29.1 Å². The zero-order chi connectivity index (χ0) is 46.1. The van der Waals surface area contributed by atoms with Gasteiger partial charge in [0.25, 0.3) is 0 Å². The van der Waals surface area contributed by atoms with Crippen LogP contribution >= 0.6 is 0 Å². The van der Waals surface area contributed by atoms with Crippen LogP contribution in [0, 0.1) is 105 Å². The van der Waals surface area contributed by atoms with Crippen molar-refractivity contribution < 1.29 is 23.5 Å². The van der Waals surface area contributed by atoms with Gasteiger partial charge in [-0.25, -0.2) is 0 Å². The maximum atomic E-state index is 14.7. The second-order valence-corrected chi connectivity index (χ2v) is 37.1. The summed E-state index contributed by atoms with van der Waals surface area (Å²) in [6, 6.07) is 0. The summed E-state index contributed by atoms with van der Waals surface area (Å²) in [6.07, 6.45) is 7.54. The lowest BCUT2D eigenvalue weighted by molar-refractivity contribution is -0.139. The first-order valence-corrected chi connectivity index (χ1v) is 30.9. The van der Waals surface area contributed by atoms with E-state index >= 15 is 0 Å². The number of rotatable bonds is 4. The molecule has 7 heteroatoms. The van der Waals surface area contributed by atoms with Gasteiger partial charge in [-0.05, 0) is 151 Å². The van der Waals surface area contributed by atoms with Crippen LogP contribution in [0.1, 0.15) is 159 Å². The molecule has 0 aliphatic heterocycles. The second kappa shape index (κ2) is 16.1. The molecule has 0 aromatic rings. The highest BCUT2D eigenvalue weighted by Gasteiger charge is 2.75. The third-order valence-corrected chi connectivity index (χ3v) is 30.8. The number of carbonyl (C=O) groups is 2. The van der Waals surface area contributed by atoms with Crippen LogP contribution in [0.4, 0.5) is 0 Å². The Morgan fingerprint density at radius 2 is 0.968 bits per heavy atom. The van der Waals surface area contributed by atoms with E-state index in [9.17, 15) is 14.7 Å². The number of aliphatic hydroxyl groups excluding tert-OH is 1. The number of carbonyl (C=O) groups excluding carboxylic acids is 2. The molecule has 0 amide bonds. The Bertz CT molecular complexity index is 1840. The van der Waals surface area contributed by atoms with Crippen LogP contribution in [0.2, 0.25) is 36.3 Å². The smallest absolute Gasteiger partial charge is 0.192 e. The van der Waals surface area contributed by atoms with E-state index in [0.717, 1.165) is 18.4 Å². The summed E-state index contributed by atoms with van der Waals surface area (Å²) in [5, 5.41) is 11.6. The summed E-state index contributed by atoms with van der Waals surface area (Å²) in [6.45, 7) is 51.2. The summed E-state index contributed by atoms with van der Waals surface area (Å²) in [5.41, 5.74) is 2.13. The number of allylic oxidation sites excluding steroid dienone is 3. The molecule has 5 nitrogen and oxygen atoms in total. The van der Waals surface area contributed by atoms with E-state index in [-0.39, 0.29) is 88.9 Å². The van der Waals surface area contributed by atoms with Gasteiger partial charge in [0, 0.05) is 17.8 Å². The normalized spacial score (nSPS) is 46.8. The van der Waals surface area contributed by atoms with Gasteiger partial charge in [-0.2, -0.15) is 0 Å². The molecule has 0 aromatic carbocycles. The molecular formula is C56H100O5Si2. The lowest BCUT2D eigenvalue weighted by Crippen LogP contribution is -2.51. The molecular weight excluding hydrogens is 809 g/mol. The highest BCUT2D eigenvalue weighted by atomic mass is 28.4. The van der Waals surface area contributed by atoms with Gasteiger partial charge in [0.1, 0.15) is 11.6 Å². The monoisotopic (exact) mass is 909 g/mol. The number of fused-ring (bicyclic) bond motifs is 6. The Morgan fingerprint density at radius 1 is 0.587 bits per heavy atom. The lowest BCUT2D eigenvalue weighted by Gasteiger charge is -2.44. The zero-order valence-electron chi connectivity index (χ0n) is 43.2. The summed E-state index contributed by atoms with van der Waals surface area (Å²) < 4.78 is 14.4. The average molecular weight is 910 g/mol. The van der Waals surface area contributed by atoms with Gasteiger partial charge in [-0.1, -0.05) is 143 Å². The molecule has 2 spiro atoms. The van der Waals surface area contributed by atoms with Crippen molar-refractivity contribution in [2.45, 2.75) is 213 Å². The molecule has 8 aliphatic rings. The van der Waals surface area contributed by atoms with E-state index in [1.54, 1.807) is 0 Å². The molecule has 8 rings (SSSR count). The Morgan fingerprint density at radius 3 is 1.38 bits per heavy atom. The van der Waals surface area contributed by atoms with Gasteiger partial charge < -0.3 is 14.0 Å². The standard InChI is InChI=1S/C27H46O3Si.C27H46O2Si.2CH4/c1-14-13-27-15(2)12-18-21(26(18,8)9)19(24(27)29)23(30-31(10,11)25(5,6)7)17(4)16(3)20(27)22(14)28;1-15-12-19-17(3)18(4)23(29-30(10,11)25(5,6)7)21-22-20(26(22,8)9)13-16(2)27(19,14-15)24(21)28;;/h13,15-23,28H,12H2,1-11H3;14,16-23H,12-13H2,1-11H3;2*1H4/t15-,16-,17-,18-,19-,20-,21-,22+,23-,27-;16-,17-,18-,19+,20-,21-,22-,23-,27-;;/m11../s1. The van der Waals surface area contributed by atoms with Crippen molar-refractivity contribution in [1.82, 2.24) is 0 Å². The highest BCUT2D eigenvalue weighted by Crippen LogP contribution is 2.74. The predicted octanol–water partition coefficient (Wildman–Crippen LogP) is 14.5. The molecule has 0 saturated heterocycles. The van der Waals surface area contributed by atoms with Crippen LogP contribution in [-0.2, 0) is 18.4 Å². The molecule has 1 N–H and O–H groups in total. The molecule has 19 atom stereocenters. The fourth-order valence-corrected chi connectivity index (χ4v) is 18.3. The van der Waals surface area contributed by atoms with Crippen molar-refractivity contribution in [2.24, 2.45) is 105 Å². The van der Waals surface area contributed by atoms with Crippen molar-refractivity contribution in [3.63, 3.8) is 0 Å². The number of hydrogen-bond acceptors (Lipinski definition) is 5. The van der Waals surface area contributed by atoms with Gasteiger partial charge >= 0.3 is 0 Å². The lowest BCUT2D eigenvalue weighted by atomic mass is 9.60. The minimum Gasteiger partial charge on any atom is -0.413 e. The van der Waals surface area contributed by atoms with E-state index in [1.807, 2.05) is 6.92 Å². The van der Waals surface area contributed by atoms with E-state index < -0.39 is 28.2 Å². The van der Waals surface area contributed by atoms with Gasteiger partial charge in [-0.15, -0.1) is 0 Å². The van der Waals surface area contributed by atoms with Gasteiger partial charge in [0.15, 0.2) is 16.6 Å². The third kappa shape index (κ3) is 7.47. The first-order valence-electron chi connectivity index (χ1n) is 25.1. The number of hydrogen-bond donors (Lipinski definition) is 1. The van der Waals surface area contributed by atoms with Crippen molar-refractivity contribution >= 4 is 28.2 Å². The molecule has 362 valence electrons. The fraction of sp³-hybridized carbons (Fsp3) is 0.893.